The number of carbonyl (C=O) groups excluding carboxylic acids is 1. The summed E-state index contributed by atoms with van der Waals surface area (Å²) in [6.45, 7) is 3.65. The van der Waals surface area contributed by atoms with Crippen molar-refractivity contribution in [2.24, 2.45) is 0 Å². The first kappa shape index (κ1) is 17.3. The average molecular weight is 334 g/mol. The molecule has 3 rings (SSSR count). The van der Waals surface area contributed by atoms with Crippen LogP contribution in [0.4, 0.5) is 0 Å². The van der Waals surface area contributed by atoms with Crippen LogP contribution in [0.1, 0.15) is 37.3 Å². The highest BCUT2D eigenvalue weighted by atomic mass is 16.2. The SMILES string of the molecule is CCCN(Cc1ccccc1)C(=O)CCCc1c[nH]c2ccccc12. The highest BCUT2D eigenvalue weighted by molar-refractivity contribution is 5.83. The molecule has 0 unspecified atom stereocenters. The lowest BCUT2D eigenvalue weighted by molar-refractivity contribution is -0.132. The number of fused-ring (bicyclic) bond motifs is 1. The highest BCUT2D eigenvalue weighted by Gasteiger charge is 2.13. The summed E-state index contributed by atoms with van der Waals surface area (Å²) in [5.41, 5.74) is 3.66. The Morgan fingerprint density at radius 3 is 2.60 bits per heavy atom. The topological polar surface area (TPSA) is 36.1 Å². The van der Waals surface area contributed by atoms with Gasteiger partial charge in [0.2, 0.25) is 5.91 Å². The molecule has 3 aromatic rings. The smallest absolute Gasteiger partial charge is 0.222 e. The quantitative estimate of drug-likeness (QED) is 0.623. The summed E-state index contributed by atoms with van der Waals surface area (Å²) in [6, 6.07) is 18.6. The fourth-order valence-electron chi connectivity index (χ4n) is 3.29. The van der Waals surface area contributed by atoms with E-state index in [9.17, 15) is 4.79 Å². The second-order valence-electron chi connectivity index (χ2n) is 6.51. The van der Waals surface area contributed by atoms with Crippen molar-refractivity contribution in [2.75, 3.05) is 6.54 Å². The van der Waals surface area contributed by atoms with Gasteiger partial charge in [-0.1, -0.05) is 55.5 Å². The third kappa shape index (κ3) is 4.50. The fourth-order valence-corrected chi connectivity index (χ4v) is 3.29. The number of carbonyl (C=O) groups is 1. The van der Waals surface area contributed by atoms with Crippen LogP contribution < -0.4 is 0 Å². The first-order valence-electron chi connectivity index (χ1n) is 9.14. The molecule has 0 radical (unpaired) electrons. The number of rotatable bonds is 8. The molecule has 25 heavy (non-hydrogen) atoms. The van der Waals surface area contributed by atoms with Gasteiger partial charge in [0.1, 0.15) is 0 Å². The molecule has 0 spiro atoms. The molecular formula is C22H26N2O. The van der Waals surface area contributed by atoms with E-state index in [0.717, 1.165) is 25.8 Å². The molecule has 1 N–H and O–H groups in total. The molecule has 130 valence electrons. The van der Waals surface area contributed by atoms with E-state index in [1.165, 1.54) is 22.0 Å². The molecule has 1 aromatic heterocycles. The van der Waals surface area contributed by atoms with Crippen LogP contribution in [0, 0.1) is 0 Å². The summed E-state index contributed by atoms with van der Waals surface area (Å²) in [5, 5.41) is 1.27. The molecule has 0 aliphatic rings. The van der Waals surface area contributed by atoms with Gasteiger partial charge >= 0.3 is 0 Å². The van der Waals surface area contributed by atoms with Crippen molar-refractivity contribution in [3.8, 4) is 0 Å². The largest absolute Gasteiger partial charge is 0.361 e. The van der Waals surface area contributed by atoms with Crippen LogP contribution in [0.3, 0.4) is 0 Å². The van der Waals surface area contributed by atoms with Gasteiger partial charge < -0.3 is 9.88 Å². The van der Waals surface area contributed by atoms with Gasteiger partial charge in [-0.25, -0.2) is 0 Å². The maximum atomic E-state index is 12.6. The van der Waals surface area contributed by atoms with E-state index in [1.807, 2.05) is 29.2 Å². The second kappa shape index (κ2) is 8.52. The minimum Gasteiger partial charge on any atom is -0.361 e. The Labute approximate surface area is 149 Å². The average Bonchev–Trinajstić information content (AvgIpc) is 3.05. The zero-order valence-corrected chi connectivity index (χ0v) is 14.9. The number of benzene rings is 2. The van der Waals surface area contributed by atoms with E-state index in [2.05, 4.69) is 48.4 Å². The lowest BCUT2D eigenvalue weighted by atomic mass is 10.1. The maximum Gasteiger partial charge on any atom is 0.222 e. The van der Waals surface area contributed by atoms with Crippen LogP contribution in [0.15, 0.2) is 60.8 Å². The van der Waals surface area contributed by atoms with E-state index in [-0.39, 0.29) is 5.91 Å². The normalized spacial score (nSPS) is 10.9. The summed E-state index contributed by atoms with van der Waals surface area (Å²) < 4.78 is 0. The zero-order chi connectivity index (χ0) is 17.5. The molecule has 1 heterocycles. The Morgan fingerprint density at radius 2 is 1.80 bits per heavy atom. The standard InChI is InChI=1S/C22H26N2O/c1-2-15-24(17-18-9-4-3-5-10-18)22(25)14-8-11-19-16-23-21-13-7-6-12-20(19)21/h3-7,9-10,12-13,16,23H,2,8,11,14-15,17H2,1H3. The maximum absolute atomic E-state index is 12.6. The molecule has 3 nitrogen and oxygen atoms in total. The summed E-state index contributed by atoms with van der Waals surface area (Å²) in [5.74, 6) is 0.255. The number of hydrogen-bond acceptors (Lipinski definition) is 1. The molecule has 3 heteroatoms. The molecule has 1 amide bonds. The summed E-state index contributed by atoms with van der Waals surface area (Å²) >= 11 is 0. The zero-order valence-electron chi connectivity index (χ0n) is 14.9. The van der Waals surface area contributed by atoms with E-state index < -0.39 is 0 Å². The number of H-pyrrole nitrogens is 1. The van der Waals surface area contributed by atoms with Crippen molar-refractivity contribution in [3.63, 3.8) is 0 Å². The lowest BCUT2D eigenvalue weighted by Crippen LogP contribution is -2.31. The predicted molar refractivity (Wildman–Crippen MR) is 103 cm³/mol. The summed E-state index contributed by atoms with van der Waals surface area (Å²) in [7, 11) is 0. The van der Waals surface area contributed by atoms with Gasteiger partial charge in [0, 0.05) is 36.6 Å². The van der Waals surface area contributed by atoms with Crippen LogP contribution in [0.2, 0.25) is 0 Å². The Kier molecular flexibility index (Phi) is 5.89. The van der Waals surface area contributed by atoms with Crippen LogP contribution in [0.25, 0.3) is 10.9 Å². The summed E-state index contributed by atoms with van der Waals surface area (Å²) in [6.07, 6.45) is 5.48. The monoisotopic (exact) mass is 334 g/mol. The van der Waals surface area contributed by atoms with Crippen molar-refractivity contribution in [2.45, 2.75) is 39.2 Å². The molecule has 0 aliphatic carbocycles. The molecular weight excluding hydrogens is 308 g/mol. The van der Waals surface area contributed by atoms with Crippen LogP contribution in [-0.2, 0) is 17.8 Å². The first-order chi connectivity index (χ1) is 12.3. The third-order valence-corrected chi connectivity index (χ3v) is 4.57. The van der Waals surface area contributed by atoms with E-state index in [1.54, 1.807) is 0 Å². The third-order valence-electron chi connectivity index (χ3n) is 4.57. The molecule has 0 bridgehead atoms. The number of nitrogens with zero attached hydrogens (tertiary/aromatic N) is 1. The second-order valence-corrected chi connectivity index (χ2v) is 6.51. The van der Waals surface area contributed by atoms with Crippen molar-refractivity contribution < 1.29 is 4.79 Å². The molecule has 0 saturated carbocycles. The number of hydrogen-bond donors (Lipinski definition) is 1. The van der Waals surface area contributed by atoms with Crippen molar-refractivity contribution in [3.05, 3.63) is 71.9 Å². The Balaban J connectivity index is 1.56. The Bertz CT molecular complexity index is 807. The fraction of sp³-hybridized carbons (Fsp3) is 0.318. The molecule has 0 fully saturated rings. The summed E-state index contributed by atoms with van der Waals surface area (Å²) in [4.78, 5) is 17.9. The minimum atomic E-state index is 0.255. The van der Waals surface area contributed by atoms with Gasteiger partial charge in [0.15, 0.2) is 0 Å². The van der Waals surface area contributed by atoms with E-state index >= 15 is 0 Å². The van der Waals surface area contributed by atoms with E-state index in [0.29, 0.717) is 13.0 Å². The first-order valence-corrected chi connectivity index (χ1v) is 9.14. The number of para-hydroxylation sites is 1. The van der Waals surface area contributed by atoms with Gasteiger partial charge in [0.05, 0.1) is 0 Å². The van der Waals surface area contributed by atoms with Crippen LogP contribution in [0.5, 0.6) is 0 Å². The number of aryl methyl sites for hydroxylation is 1. The molecule has 0 aliphatic heterocycles. The minimum absolute atomic E-state index is 0.255. The van der Waals surface area contributed by atoms with Crippen LogP contribution in [-0.4, -0.2) is 22.3 Å². The number of aromatic amines is 1. The van der Waals surface area contributed by atoms with Gasteiger partial charge in [-0.3, -0.25) is 4.79 Å². The molecule has 0 saturated heterocycles. The number of nitrogens with one attached hydrogen (secondary N) is 1. The van der Waals surface area contributed by atoms with Gasteiger partial charge in [-0.05, 0) is 36.5 Å². The van der Waals surface area contributed by atoms with Crippen molar-refractivity contribution >= 4 is 16.8 Å². The predicted octanol–water partition coefficient (Wildman–Crippen LogP) is 4.93. The number of aromatic nitrogens is 1. The van der Waals surface area contributed by atoms with Gasteiger partial charge in [0.25, 0.3) is 0 Å². The highest BCUT2D eigenvalue weighted by Crippen LogP contribution is 2.20. The molecule has 0 atom stereocenters. The van der Waals surface area contributed by atoms with Crippen LogP contribution >= 0.6 is 0 Å². The van der Waals surface area contributed by atoms with E-state index in [4.69, 9.17) is 0 Å². The van der Waals surface area contributed by atoms with Gasteiger partial charge in [-0.15, -0.1) is 0 Å². The lowest BCUT2D eigenvalue weighted by Gasteiger charge is -2.22. The Morgan fingerprint density at radius 1 is 1.04 bits per heavy atom. The number of amides is 1. The van der Waals surface area contributed by atoms with Crippen molar-refractivity contribution in [1.29, 1.82) is 0 Å². The molecule has 2 aromatic carbocycles. The Hall–Kier alpha value is -2.55. The van der Waals surface area contributed by atoms with Crippen molar-refractivity contribution in [1.82, 2.24) is 9.88 Å². The van der Waals surface area contributed by atoms with Gasteiger partial charge in [-0.2, -0.15) is 0 Å².